The van der Waals surface area contributed by atoms with Crippen LogP contribution >= 0.6 is 11.6 Å². The molecule has 1 saturated carbocycles. The molecular weight excluding hydrogens is 162 g/mol. The molecule has 0 spiro atoms. The maximum absolute atomic E-state index is 11.1. The van der Waals surface area contributed by atoms with Crippen LogP contribution in [0.5, 0.6) is 0 Å². The molecule has 0 heterocycles. The van der Waals surface area contributed by atoms with E-state index in [-0.39, 0.29) is 11.9 Å². The Morgan fingerprint density at radius 2 is 2.36 bits per heavy atom. The van der Waals surface area contributed by atoms with Crippen LogP contribution in [0.2, 0.25) is 0 Å². The first-order valence-electron chi connectivity index (χ1n) is 4.10. The molecular formula is C8H14ClNO. The van der Waals surface area contributed by atoms with Gasteiger partial charge in [-0.05, 0) is 26.2 Å². The Morgan fingerprint density at radius 3 is 2.82 bits per heavy atom. The van der Waals surface area contributed by atoms with Crippen LogP contribution in [-0.2, 0) is 4.79 Å². The number of hydrogen-bond acceptors (Lipinski definition) is 1. The lowest BCUT2D eigenvalue weighted by atomic mass is 10.2. The number of alkyl halides is 1. The fourth-order valence-electron chi connectivity index (χ4n) is 0.942. The highest BCUT2D eigenvalue weighted by atomic mass is 35.5. The molecule has 0 aromatic rings. The minimum atomic E-state index is 0.211. The summed E-state index contributed by atoms with van der Waals surface area (Å²) in [6.07, 6.45) is 3.00. The first-order chi connectivity index (χ1) is 5.24. The molecule has 11 heavy (non-hydrogen) atoms. The van der Waals surface area contributed by atoms with Crippen molar-refractivity contribution < 1.29 is 4.79 Å². The van der Waals surface area contributed by atoms with Crippen molar-refractivity contribution in [2.45, 2.75) is 32.2 Å². The van der Waals surface area contributed by atoms with Crippen LogP contribution in [0.4, 0.5) is 0 Å². The van der Waals surface area contributed by atoms with Crippen LogP contribution in [0.15, 0.2) is 0 Å². The number of rotatable bonds is 4. The van der Waals surface area contributed by atoms with Crippen LogP contribution in [-0.4, -0.2) is 17.8 Å². The molecule has 1 unspecified atom stereocenters. The molecule has 1 atom stereocenters. The maximum atomic E-state index is 11.1. The van der Waals surface area contributed by atoms with Crippen LogP contribution in [0.25, 0.3) is 0 Å². The van der Waals surface area contributed by atoms with Gasteiger partial charge in [-0.15, -0.1) is 11.6 Å². The van der Waals surface area contributed by atoms with Crippen molar-refractivity contribution in [3.8, 4) is 0 Å². The monoisotopic (exact) mass is 175 g/mol. The summed E-state index contributed by atoms with van der Waals surface area (Å²) in [7, 11) is 0. The second kappa shape index (κ2) is 3.96. The molecule has 3 heteroatoms. The summed E-state index contributed by atoms with van der Waals surface area (Å²) < 4.78 is 0. The van der Waals surface area contributed by atoms with E-state index in [4.69, 9.17) is 11.6 Å². The Bertz CT molecular complexity index is 145. The molecule has 0 bridgehead atoms. The molecule has 0 aromatic heterocycles. The summed E-state index contributed by atoms with van der Waals surface area (Å²) in [6, 6.07) is 0.237. The molecule has 0 radical (unpaired) electrons. The minimum absolute atomic E-state index is 0.211. The quantitative estimate of drug-likeness (QED) is 0.646. The number of halogens is 1. The highest BCUT2D eigenvalue weighted by Crippen LogP contribution is 2.28. The van der Waals surface area contributed by atoms with E-state index in [1.807, 2.05) is 6.92 Å². The Morgan fingerprint density at radius 1 is 1.73 bits per heavy atom. The Balaban J connectivity index is 2.12. The van der Waals surface area contributed by atoms with E-state index in [0.717, 1.165) is 19.3 Å². The SMILES string of the molecule is CC(CCCl)NC(=O)C1CC1. The van der Waals surface area contributed by atoms with Gasteiger partial charge in [-0.1, -0.05) is 0 Å². The molecule has 1 fully saturated rings. The summed E-state index contributed by atoms with van der Waals surface area (Å²) in [5.41, 5.74) is 0. The van der Waals surface area contributed by atoms with Gasteiger partial charge in [0.25, 0.3) is 0 Å². The highest BCUT2D eigenvalue weighted by Gasteiger charge is 2.29. The van der Waals surface area contributed by atoms with Crippen molar-refractivity contribution in [3.63, 3.8) is 0 Å². The van der Waals surface area contributed by atoms with E-state index in [0.29, 0.717) is 11.8 Å². The summed E-state index contributed by atoms with van der Waals surface area (Å²) >= 11 is 5.52. The third-order valence-corrected chi connectivity index (χ3v) is 2.10. The van der Waals surface area contributed by atoms with E-state index in [1.165, 1.54) is 0 Å². The molecule has 2 nitrogen and oxygen atoms in total. The Labute approximate surface area is 72.3 Å². The molecule has 1 aliphatic carbocycles. The van der Waals surface area contributed by atoms with Crippen molar-refractivity contribution in [2.24, 2.45) is 5.92 Å². The lowest BCUT2D eigenvalue weighted by Gasteiger charge is -2.11. The first kappa shape index (κ1) is 8.85. The summed E-state index contributed by atoms with van der Waals surface area (Å²) in [4.78, 5) is 11.1. The maximum Gasteiger partial charge on any atom is 0.223 e. The normalized spacial score (nSPS) is 19.5. The second-order valence-corrected chi connectivity index (χ2v) is 3.54. The second-order valence-electron chi connectivity index (χ2n) is 3.16. The predicted molar refractivity (Wildman–Crippen MR) is 45.7 cm³/mol. The molecule has 1 rings (SSSR count). The van der Waals surface area contributed by atoms with Crippen LogP contribution in [0.1, 0.15) is 26.2 Å². The third kappa shape index (κ3) is 3.10. The van der Waals surface area contributed by atoms with E-state index in [9.17, 15) is 4.79 Å². The van der Waals surface area contributed by atoms with E-state index in [2.05, 4.69) is 5.32 Å². The molecule has 1 amide bonds. The summed E-state index contributed by atoms with van der Waals surface area (Å²) in [5.74, 6) is 1.14. The van der Waals surface area contributed by atoms with Gasteiger partial charge in [0.2, 0.25) is 5.91 Å². The largest absolute Gasteiger partial charge is 0.353 e. The van der Waals surface area contributed by atoms with Crippen molar-refractivity contribution in [1.82, 2.24) is 5.32 Å². The molecule has 1 N–H and O–H groups in total. The Hall–Kier alpha value is -0.240. The van der Waals surface area contributed by atoms with Crippen molar-refractivity contribution in [1.29, 1.82) is 0 Å². The number of carbonyl (C=O) groups is 1. The van der Waals surface area contributed by atoms with Gasteiger partial charge in [-0.3, -0.25) is 4.79 Å². The highest BCUT2D eigenvalue weighted by molar-refractivity contribution is 6.17. The molecule has 0 aliphatic heterocycles. The topological polar surface area (TPSA) is 29.1 Å². The lowest BCUT2D eigenvalue weighted by Crippen LogP contribution is -2.33. The summed E-state index contributed by atoms with van der Waals surface area (Å²) in [5, 5.41) is 2.92. The van der Waals surface area contributed by atoms with Crippen molar-refractivity contribution in [3.05, 3.63) is 0 Å². The zero-order valence-electron chi connectivity index (χ0n) is 6.77. The van der Waals surface area contributed by atoms with Crippen LogP contribution in [0, 0.1) is 5.92 Å². The fourth-order valence-corrected chi connectivity index (χ4v) is 1.27. The fraction of sp³-hybridized carbons (Fsp3) is 0.875. The average molecular weight is 176 g/mol. The average Bonchev–Trinajstić information content (AvgIpc) is 2.67. The van der Waals surface area contributed by atoms with E-state index in [1.54, 1.807) is 0 Å². The lowest BCUT2D eigenvalue weighted by molar-refractivity contribution is -0.122. The Kier molecular flexibility index (Phi) is 3.18. The van der Waals surface area contributed by atoms with Gasteiger partial charge < -0.3 is 5.32 Å². The number of nitrogens with one attached hydrogen (secondary N) is 1. The van der Waals surface area contributed by atoms with Gasteiger partial charge in [-0.2, -0.15) is 0 Å². The smallest absolute Gasteiger partial charge is 0.223 e. The van der Waals surface area contributed by atoms with Gasteiger partial charge in [0, 0.05) is 17.8 Å². The molecule has 0 saturated heterocycles. The van der Waals surface area contributed by atoms with Crippen LogP contribution < -0.4 is 5.32 Å². The van der Waals surface area contributed by atoms with Gasteiger partial charge in [-0.25, -0.2) is 0 Å². The predicted octanol–water partition coefficient (Wildman–Crippen LogP) is 1.53. The zero-order chi connectivity index (χ0) is 8.27. The van der Waals surface area contributed by atoms with E-state index >= 15 is 0 Å². The third-order valence-electron chi connectivity index (χ3n) is 1.88. The number of amides is 1. The van der Waals surface area contributed by atoms with Gasteiger partial charge >= 0.3 is 0 Å². The summed E-state index contributed by atoms with van der Waals surface area (Å²) in [6.45, 7) is 1.99. The molecule has 1 aliphatic rings. The first-order valence-corrected chi connectivity index (χ1v) is 4.64. The molecule has 0 aromatic carbocycles. The minimum Gasteiger partial charge on any atom is -0.353 e. The van der Waals surface area contributed by atoms with Crippen molar-refractivity contribution >= 4 is 17.5 Å². The van der Waals surface area contributed by atoms with Crippen LogP contribution in [0.3, 0.4) is 0 Å². The molecule has 64 valence electrons. The van der Waals surface area contributed by atoms with E-state index < -0.39 is 0 Å². The van der Waals surface area contributed by atoms with Gasteiger partial charge in [0.15, 0.2) is 0 Å². The number of carbonyl (C=O) groups excluding carboxylic acids is 1. The van der Waals surface area contributed by atoms with Gasteiger partial charge in [0.1, 0.15) is 0 Å². The standard InChI is InChI=1S/C8H14ClNO/c1-6(4-5-9)10-8(11)7-2-3-7/h6-7H,2-5H2,1H3,(H,10,11). The van der Waals surface area contributed by atoms with Crippen molar-refractivity contribution in [2.75, 3.05) is 5.88 Å². The number of hydrogen-bond donors (Lipinski definition) is 1. The van der Waals surface area contributed by atoms with Gasteiger partial charge in [0.05, 0.1) is 0 Å². The zero-order valence-corrected chi connectivity index (χ0v) is 7.53.